The summed E-state index contributed by atoms with van der Waals surface area (Å²) in [6.45, 7) is 8.32. The second-order valence-corrected chi connectivity index (χ2v) is 4.78. The van der Waals surface area contributed by atoms with E-state index in [2.05, 4.69) is 23.3 Å². The van der Waals surface area contributed by atoms with Crippen molar-refractivity contribution in [2.45, 2.75) is 26.8 Å². The zero-order chi connectivity index (χ0) is 12.8. The van der Waals surface area contributed by atoms with Gasteiger partial charge < -0.3 is 14.8 Å². The van der Waals surface area contributed by atoms with Crippen LogP contribution in [0.3, 0.4) is 0 Å². The second-order valence-electron chi connectivity index (χ2n) is 4.78. The van der Waals surface area contributed by atoms with Gasteiger partial charge in [0.15, 0.2) is 0 Å². The van der Waals surface area contributed by atoms with Crippen LogP contribution in [0.5, 0.6) is 5.88 Å². The van der Waals surface area contributed by atoms with E-state index in [-0.39, 0.29) is 0 Å². The van der Waals surface area contributed by atoms with Crippen LogP contribution in [0.25, 0.3) is 0 Å². The van der Waals surface area contributed by atoms with Crippen LogP contribution in [0, 0.1) is 12.8 Å². The quantitative estimate of drug-likeness (QED) is 0.837. The summed E-state index contributed by atoms with van der Waals surface area (Å²) < 4.78 is 11.1. The molecule has 1 N–H and O–H groups in total. The molecule has 0 spiro atoms. The van der Waals surface area contributed by atoms with Crippen LogP contribution in [0.1, 0.15) is 24.6 Å². The van der Waals surface area contributed by atoms with Gasteiger partial charge in [-0.2, -0.15) is 0 Å². The maximum atomic E-state index is 5.77. The summed E-state index contributed by atoms with van der Waals surface area (Å²) in [7, 11) is 0. The van der Waals surface area contributed by atoms with E-state index < -0.39 is 0 Å². The minimum atomic E-state index is 0.518. The van der Waals surface area contributed by atoms with E-state index >= 15 is 0 Å². The Hall–Kier alpha value is -1.13. The Labute approximate surface area is 109 Å². The molecule has 1 aliphatic heterocycles. The lowest BCUT2D eigenvalue weighted by atomic mass is 10.1. The molecule has 0 aliphatic carbocycles. The van der Waals surface area contributed by atoms with Crippen molar-refractivity contribution in [3.63, 3.8) is 0 Å². The Balaban J connectivity index is 1.91. The molecule has 0 bridgehead atoms. The fourth-order valence-corrected chi connectivity index (χ4v) is 2.07. The first-order valence-electron chi connectivity index (χ1n) is 6.66. The lowest BCUT2D eigenvalue weighted by molar-refractivity contribution is 0.165. The number of nitrogens with one attached hydrogen (secondary N) is 1. The minimum Gasteiger partial charge on any atom is -0.477 e. The maximum absolute atomic E-state index is 5.77. The number of rotatable bonds is 6. The number of hydrogen-bond acceptors (Lipinski definition) is 4. The van der Waals surface area contributed by atoms with E-state index in [9.17, 15) is 0 Å². The molecule has 1 aliphatic rings. The van der Waals surface area contributed by atoms with Gasteiger partial charge in [0.05, 0.1) is 13.2 Å². The summed E-state index contributed by atoms with van der Waals surface area (Å²) in [4.78, 5) is 4.41. The molecule has 4 heteroatoms. The molecule has 2 heterocycles. The SMILES string of the molecule is CCNCc1cc(C)nc(OCC2CCOC2)c1. The Morgan fingerprint density at radius 3 is 3.11 bits per heavy atom. The molecule has 4 nitrogen and oxygen atoms in total. The third-order valence-corrected chi connectivity index (χ3v) is 3.06. The zero-order valence-electron chi connectivity index (χ0n) is 11.2. The fraction of sp³-hybridized carbons (Fsp3) is 0.643. The van der Waals surface area contributed by atoms with Gasteiger partial charge in [0.1, 0.15) is 0 Å². The molecule has 0 amide bonds. The molecular weight excluding hydrogens is 228 g/mol. The van der Waals surface area contributed by atoms with Crippen molar-refractivity contribution in [2.75, 3.05) is 26.4 Å². The predicted octanol–water partition coefficient (Wildman–Crippen LogP) is 1.91. The highest BCUT2D eigenvalue weighted by molar-refractivity contribution is 5.24. The average Bonchev–Trinajstić information content (AvgIpc) is 2.86. The smallest absolute Gasteiger partial charge is 0.213 e. The fourth-order valence-electron chi connectivity index (χ4n) is 2.07. The number of pyridine rings is 1. The van der Waals surface area contributed by atoms with Crippen LogP contribution in [0.15, 0.2) is 12.1 Å². The molecule has 1 unspecified atom stereocenters. The summed E-state index contributed by atoms with van der Waals surface area (Å²) in [5.41, 5.74) is 2.23. The van der Waals surface area contributed by atoms with Crippen molar-refractivity contribution in [2.24, 2.45) is 5.92 Å². The molecule has 100 valence electrons. The van der Waals surface area contributed by atoms with Crippen LogP contribution >= 0.6 is 0 Å². The lowest BCUT2D eigenvalue weighted by Crippen LogP contribution is -2.14. The van der Waals surface area contributed by atoms with E-state index in [0.29, 0.717) is 12.5 Å². The van der Waals surface area contributed by atoms with Gasteiger partial charge in [-0.05, 0) is 31.5 Å². The van der Waals surface area contributed by atoms with Crippen molar-refractivity contribution >= 4 is 0 Å². The number of aryl methyl sites for hydroxylation is 1. The van der Waals surface area contributed by atoms with Gasteiger partial charge in [0.25, 0.3) is 0 Å². The number of nitrogens with zero attached hydrogens (tertiary/aromatic N) is 1. The lowest BCUT2D eigenvalue weighted by Gasteiger charge is -2.11. The van der Waals surface area contributed by atoms with Crippen molar-refractivity contribution in [1.29, 1.82) is 0 Å². The van der Waals surface area contributed by atoms with Crippen LogP contribution in [0.2, 0.25) is 0 Å². The zero-order valence-corrected chi connectivity index (χ0v) is 11.2. The first-order chi connectivity index (χ1) is 8.78. The van der Waals surface area contributed by atoms with Crippen LogP contribution in [-0.4, -0.2) is 31.3 Å². The van der Waals surface area contributed by atoms with Gasteiger partial charge in [0, 0.05) is 30.8 Å². The first-order valence-corrected chi connectivity index (χ1v) is 6.66. The summed E-state index contributed by atoms with van der Waals surface area (Å²) >= 11 is 0. The molecule has 0 radical (unpaired) electrons. The standard InChI is InChI=1S/C14H22N2O2/c1-3-15-8-13-6-11(2)16-14(7-13)18-10-12-4-5-17-9-12/h6-7,12,15H,3-5,8-10H2,1-2H3. The highest BCUT2D eigenvalue weighted by Crippen LogP contribution is 2.16. The summed E-state index contributed by atoms with van der Waals surface area (Å²) in [6.07, 6.45) is 1.09. The van der Waals surface area contributed by atoms with Gasteiger partial charge in [-0.3, -0.25) is 0 Å². The van der Waals surface area contributed by atoms with Crippen LogP contribution in [0.4, 0.5) is 0 Å². The Morgan fingerprint density at radius 2 is 2.39 bits per heavy atom. The summed E-state index contributed by atoms with van der Waals surface area (Å²) in [5, 5.41) is 3.31. The van der Waals surface area contributed by atoms with E-state index in [1.54, 1.807) is 0 Å². The largest absolute Gasteiger partial charge is 0.477 e. The van der Waals surface area contributed by atoms with E-state index in [0.717, 1.165) is 44.3 Å². The molecule has 1 atom stereocenters. The second kappa shape index (κ2) is 6.71. The minimum absolute atomic E-state index is 0.518. The molecular formula is C14H22N2O2. The van der Waals surface area contributed by atoms with Gasteiger partial charge in [-0.15, -0.1) is 0 Å². The maximum Gasteiger partial charge on any atom is 0.213 e. The normalized spacial score (nSPS) is 19.1. The van der Waals surface area contributed by atoms with Gasteiger partial charge in [0.2, 0.25) is 5.88 Å². The molecule has 1 saturated heterocycles. The third-order valence-electron chi connectivity index (χ3n) is 3.06. The first kappa shape index (κ1) is 13.3. The monoisotopic (exact) mass is 250 g/mol. The van der Waals surface area contributed by atoms with Crippen molar-refractivity contribution in [1.82, 2.24) is 10.3 Å². The van der Waals surface area contributed by atoms with Gasteiger partial charge in [-0.25, -0.2) is 4.98 Å². The predicted molar refractivity (Wildman–Crippen MR) is 70.8 cm³/mol. The molecule has 0 saturated carbocycles. The highest BCUT2D eigenvalue weighted by atomic mass is 16.5. The van der Waals surface area contributed by atoms with Crippen LogP contribution in [-0.2, 0) is 11.3 Å². The number of ether oxygens (including phenoxy) is 2. The van der Waals surface area contributed by atoms with Crippen molar-refractivity contribution < 1.29 is 9.47 Å². The average molecular weight is 250 g/mol. The van der Waals surface area contributed by atoms with Gasteiger partial charge in [-0.1, -0.05) is 6.92 Å². The van der Waals surface area contributed by atoms with Gasteiger partial charge >= 0.3 is 0 Å². The van der Waals surface area contributed by atoms with E-state index in [4.69, 9.17) is 9.47 Å². The number of hydrogen-bond donors (Lipinski definition) is 1. The van der Waals surface area contributed by atoms with E-state index in [1.165, 1.54) is 5.56 Å². The molecule has 2 rings (SSSR count). The van der Waals surface area contributed by atoms with E-state index in [1.807, 2.05) is 13.0 Å². The summed E-state index contributed by atoms with van der Waals surface area (Å²) in [5.74, 6) is 1.25. The topological polar surface area (TPSA) is 43.4 Å². The Kier molecular flexibility index (Phi) is 4.96. The summed E-state index contributed by atoms with van der Waals surface area (Å²) in [6, 6.07) is 4.11. The molecule has 1 aromatic heterocycles. The molecule has 0 aromatic carbocycles. The van der Waals surface area contributed by atoms with Crippen LogP contribution < -0.4 is 10.1 Å². The van der Waals surface area contributed by atoms with Crippen molar-refractivity contribution in [3.05, 3.63) is 23.4 Å². The number of aromatic nitrogens is 1. The Morgan fingerprint density at radius 1 is 1.50 bits per heavy atom. The molecule has 1 fully saturated rings. The third kappa shape index (κ3) is 3.96. The highest BCUT2D eigenvalue weighted by Gasteiger charge is 2.16. The van der Waals surface area contributed by atoms with Crippen molar-refractivity contribution in [3.8, 4) is 5.88 Å². The Bertz CT molecular complexity index is 376. The molecule has 18 heavy (non-hydrogen) atoms. The molecule has 1 aromatic rings.